The Kier molecular flexibility index (Phi) is 4.64. The largest absolute Gasteiger partial charge is 0.475 e. The summed E-state index contributed by atoms with van der Waals surface area (Å²) in [5.41, 5.74) is -1.02. The molecule has 5 nitrogen and oxygen atoms in total. The maximum Gasteiger partial charge on any atom is 0.433 e. The van der Waals surface area contributed by atoms with Gasteiger partial charge in [0.1, 0.15) is 6.61 Å². The van der Waals surface area contributed by atoms with Crippen LogP contribution in [0.2, 0.25) is 0 Å². The summed E-state index contributed by atoms with van der Waals surface area (Å²) in [6.45, 7) is 3.02. The van der Waals surface area contributed by atoms with Gasteiger partial charge in [-0.2, -0.15) is 18.2 Å². The van der Waals surface area contributed by atoms with Crippen LogP contribution >= 0.6 is 0 Å². The molecular weight excluding hydrogens is 275 g/mol. The lowest BCUT2D eigenvalue weighted by atomic mass is 10.2. The quantitative estimate of drug-likeness (QED) is 0.903. The van der Waals surface area contributed by atoms with Crippen LogP contribution in [0, 0.1) is 0 Å². The van der Waals surface area contributed by atoms with Crippen molar-refractivity contribution in [3.05, 3.63) is 11.8 Å². The Hall–Kier alpha value is -1.57. The summed E-state index contributed by atoms with van der Waals surface area (Å²) in [4.78, 5) is 7.31. The first-order valence-corrected chi connectivity index (χ1v) is 6.43. The number of halogens is 3. The standard InChI is InChI=1S/C12H16F3N3O2/c1-2-16-11-17-9(12(13,14)15)6-10(18-11)20-7-8-4-3-5-19-8/h6,8H,2-5,7H2,1H3,(H,16,17,18). The van der Waals surface area contributed by atoms with Crippen LogP contribution in [0.5, 0.6) is 5.88 Å². The highest BCUT2D eigenvalue weighted by molar-refractivity contribution is 5.31. The molecule has 2 heterocycles. The smallest absolute Gasteiger partial charge is 0.433 e. The van der Waals surface area contributed by atoms with Gasteiger partial charge in [0.25, 0.3) is 0 Å². The van der Waals surface area contributed by atoms with E-state index in [1.165, 1.54) is 0 Å². The second-order valence-corrected chi connectivity index (χ2v) is 4.39. The average molecular weight is 291 g/mol. The fourth-order valence-electron chi connectivity index (χ4n) is 1.84. The van der Waals surface area contributed by atoms with Crippen LogP contribution in [-0.4, -0.2) is 35.8 Å². The molecule has 1 aromatic heterocycles. The summed E-state index contributed by atoms with van der Waals surface area (Å²) in [6.07, 6.45) is -2.83. The summed E-state index contributed by atoms with van der Waals surface area (Å²) < 4.78 is 48.8. The fourth-order valence-corrected chi connectivity index (χ4v) is 1.84. The maximum atomic E-state index is 12.7. The number of alkyl halides is 3. The molecular formula is C12H16F3N3O2. The summed E-state index contributed by atoms with van der Waals surface area (Å²) in [5, 5.41) is 2.65. The highest BCUT2D eigenvalue weighted by atomic mass is 19.4. The highest BCUT2D eigenvalue weighted by Crippen LogP contribution is 2.30. The molecule has 0 saturated carbocycles. The number of ether oxygens (including phenoxy) is 2. The molecule has 1 saturated heterocycles. The van der Waals surface area contributed by atoms with E-state index in [1.807, 2.05) is 0 Å². The number of anilines is 1. The molecule has 1 aromatic rings. The predicted molar refractivity (Wildman–Crippen MR) is 65.7 cm³/mol. The van der Waals surface area contributed by atoms with Crippen molar-refractivity contribution >= 4 is 5.95 Å². The SMILES string of the molecule is CCNc1nc(OCC2CCCO2)cc(C(F)(F)F)n1. The number of rotatable bonds is 5. The van der Waals surface area contributed by atoms with Gasteiger partial charge in [-0.05, 0) is 19.8 Å². The molecule has 8 heteroatoms. The number of nitrogens with zero attached hydrogens (tertiary/aromatic N) is 2. The Bertz CT molecular complexity index is 448. The number of nitrogens with one attached hydrogen (secondary N) is 1. The van der Waals surface area contributed by atoms with Crippen molar-refractivity contribution in [2.24, 2.45) is 0 Å². The van der Waals surface area contributed by atoms with Crippen LogP contribution < -0.4 is 10.1 Å². The number of hydrogen-bond acceptors (Lipinski definition) is 5. The molecule has 1 atom stereocenters. The first-order chi connectivity index (χ1) is 9.49. The molecule has 1 fully saturated rings. The first kappa shape index (κ1) is 14.8. The van der Waals surface area contributed by atoms with Gasteiger partial charge in [0.15, 0.2) is 5.69 Å². The van der Waals surface area contributed by atoms with Crippen molar-refractivity contribution < 1.29 is 22.6 Å². The van der Waals surface area contributed by atoms with Crippen molar-refractivity contribution in [3.63, 3.8) is 0 Å². The zero-order chi connectivity index (χ0) is 14.6. The summed E-state index contributed by atoms with van der Waals surface area (Å²) in [6, 6.07) is 0.801. The van der Waals surface area contributed by atoms with E-state index in [4.69, 9.17) is 9.47 Å². The minimum absolute atomic E-state index is 0.0816. The Morgan fingerprint density at radius 3 is 2.85 bits per heavy atom. The van der Waals surface area contributed by atoms with Gasteiger partial charge in [-0.1, -0.05) is 0 Å². The van der Waals surface area contributed by atoms with E-state index in [-0.39, 0.29) is 24.5 Å². The van der Waals surface area contributed by atoms with Gasteiger partial charge in [0.05, 0.1) is 6.10 Å². The van der Waals surface area contributed by atoms with Crippen molar-refractivity contribution in [1.29, 1.82) is 0 Å². The van der Waals surface area contributed by atoms with Crippen molar-refractivity contribution in [3.8, 4) is 5.88 Å². The van der Waals surface area contributed by atoms with Crippen LogP contribution in [0.25, 0.3) is 0 Å². The molecule has 0 bridgehead atoms. The minimum Gasteiger partial charge on any atom is -0.475 e. The van der Waals surface area contributed by atoms with Gasteiger partial charge in [-0.15, -0.1) is 0 Å². The minimum atomic E-state index is -4.53. The molecule has 1 aliphatic heterocycles. The van der Waals surface area contributed by atoms with Crippen LogP contribution in [0.4, 0.5) is 19.1 Å². The number of hydrogen-bond donors (Lipinski definition) is 1. The average Bonchev–Trinajstić information content (AvgIpc) is 2.88. The van der Waals surface area contributed by atoms with Gasteiger partial charge >= 0.3 is 6.18 Å². The topological polar surface area (TPSA) is 56.3 Å². The lowest BCUT2D eigenvalue weighted by Crippen LogP contribution is -2.18. The highest BCUT2D eigenvalue weighted by Gasteiger charge is 2.34. The second-order valence-electron chi connectivity index (χ2n) is 4.39. The van der Waals surface area contributed by atoms with Crippen molar-refractivity contribution in [2.75, 3.05) is 25.1 Å². The van der Waals surface area contributed by atoms with Gasteiger partial charge in [-0.3, -0.25) is 0 Å². The third-order valence-electron chi connectivity index (χ3n) is 2.77. The molecule has 1 N–H and O–H groups in total. The lowest BCUT2D eigenvalue weighted by Gasteiger charge is -2.13. The molecule has 112 valence electrons. The fraction of sp³-hybridized carbons (Fsp3) is 0.667. The first-order valence-electron chi connectivity index (χ1n) is 6.43. The molecule has 1 aliphatic rings. The Morgan fingerprint density at radius 1 is 1.45 bits per heavy atom. The Labute approximate surface area is 114 Å². The van der Waals surface area contributed by atoms with Crippen LogP contribution in [-0.2, 0) is 10.9 Å². The van der Waals surface area contributed by atoms with E-state index in [1.54, 1.807) is 6.92 Å². The molecule has 20 heavy (non-hydrogen) atoms. The van der Waals surface area contributed by atoms with E-state index in [2.05, 4.69) is 15.3 Å². The predicted octanol–water partition coefficient (Wildman–Crippen LogP) is 2.49. The third kappa shape index (κ3) is 3.96. The molecule has 0 radical (unpaired) electrons. The number of aromatic nitrogens is 2. The van der Waals surface area contributed by atoms with Gasteiger partial charge in [-0.25, -0.2) is 4.98 Å². The normalized spacial score (nSPS) is 19.1. The summed E-state index contributed by atoms with van der Waals surface area (Å²) >= 11 is 0. The molecule has 0 amide bonds. The van der Waals surface area contributed by atoms with Crippen LogP contribution in [0.15, 0.2) is 6.07 Å². The van der Waals surface area contributed by atoms with Crippen molar-refractivity contribution in [2.45, 2.75) is 32.0 Å². The van der Waals surface area contributed by atoms with Crippen molar-refractivity contribution in [1.82, 2.24) is 9.97 Å². The van der Waals surface area contributed by atoms with E-state index in [0.717, 1.165) is 18.9 Å². The van der Waals surface area contributed by atoms with E-state index >= 15 is 0 Å². The second kappa shape index (κ2) is 6.25. The summed E-state index contributed by atoms with van der Waals surface area (Å²) in [5.74, 6) is -0.191. The third-order valence-corrected chi connectivity index (χ3v) is 2.77. The van der Waals surface area contributed by atoms with Gasteiger partial charge < -0.3 is 14.8 Å². The molecule has 0 aromatic carbocycles. The maximum absolute atomic E-state index is 12.7. The molecule has 0 spiro atoms. The van der Waals surface area contributed by atoms with Crippen LogP contribution in [0.1, 0.15) is 25.5 Å². The zero-order valence-corrected chi connectivity index (χ0v) is 11.0. The van der Waals surface area contributed by atoms with Crippen LogP contribution in [0.3, 0.4) is 0 Å². The molecule has 0 aliphatic carbocycles. The van der Waals surface area contributed by atoms with Gasteiger partial charge in [0, 0.05) is 19.2 Å². The zero-order valence-electron chi connectivity index (χ0n) is 11.0. The van der Waals surface area contributed by atoms with E-state index in [0.29, 0.717) is 13.2 Å². The Balaban J connectivity index is 2.11. The lowest BCUT2D eigenvalue weighted by molar-refractivity contribution is -0.141. The monoisotopic (exact) mass is 291 g/mol. The van der Waals surface area contributed by atoms with Gasteiger partial charge in [0.2, 0.25) is 11.8 Å². The summed E-state index contributed by atoms with van der Waals surface area (Å²) in [7, 11) is 0. The molecule has 1 unspecified atom stereocenters. The van der Waals surface area contributed by atoms with E-state index in [9.17, 15) is 13.2 Å². The molecule has 2 rings (SSSR count). The Morgan fingerprint density at radius 2 is 2.25 bits per heavy atom. The van der Waals surface area contributed by atoms with E-state index < -0.39 is 11.9 Å².